The Kier molecular flexibility index (Phi) is 10.7. The molecule has 4 N–H and O–H groups in total. The molecule has 1 aliphatic rings. The van der Waals surface area contributed by atoms with E-state index in [1.54, 1.807) is 85.2 Å². The van der Waals surface area contributed by atoms with Gasteiger partial charge in [-0.1, -0.05) is 60.1 Å². The molecule has 4 aromatic rings. The lowest BCUT2D eigenvalue weighted by molar-refractivity contribution is -0.132. The number of rotatable bonds is 6. The minimum Gasteiger partial charge on any atom is -0.351 e. The van der Waals surface area contributed by atoms with Crippen molar-refractivity contribution >= 4 is 40.9 Å². The third kappa shape index (κ3) is 9.21. The molecule has 0 spiro atoms. The third-order valence-electron chi connectivity index (χ3n) is 7.59. The van der Waals surface area contributed by atoms with Gasteiger partial charge >= 0.3 is 0 Å². The molecule has 0 saturated heterocycles. The molecule has 1 aliphatic heterocycles. The van der Waals surface area contributed by atoms with Crippen LogP contribution in [0.5, 0.6) is 0 Å². The molecule has 11 heteroatoms. The first-order chi connectivity index (χ1) is 22.2. The van der Waals surface area contributed by atoms with Gasteiger partial charge in [-0.3, -0.25) is 24.2 Å². The van der Waals surface area contributed by atoms with Gasteiger partial charge in [0.1, 0.15) is 17.9 Å². The zero-order valence-corrected chi connectivity index (χ0v) is 25.6. The maximum absolute atomic E-state index is 13.9. The van der Waals surface area contributed by atoms with Crippen LogP contribution in [0.1, 0.15) is 28.7 Å². The van der Waals surface area contributed by atoms with Gasteiger partial charge in [-0.05, 0) is 65.1 Å². The highest BCUT2D eigenvalue weighted by molar-refractivity contribution is 6.30. The highest BCUT2D eigenvalue weighted by Crippen LogP contribution is 2.19. The molecular weight excluding hydrogens is 609 g/mol. The average molecular weight is 642 g/mol. The number of halogens is 2. The fraction of sp³-hybridized carbons (Fsp3) is 0.229. The second-order valence-electron chi connectivity index (χ2n) is 11.2. The molecule has 1 aromatic heterocycles. The molecule has 0 radical (unpaired) electrons. The van der Waals surface area contributed by atoms with Gasteiger partial charge < -0.3 is 21.3 Å². The number of pyridine rings is 1. The Hall–Kier alpha value is -5.09. The standard InChI is InChI=1S/C35H33ClFN5O4/c36-26-8-3-5-23(15-26)17-30-35(46)42-31(18-24-6-4-14-38-21-24)34(45)39-28(16-22-10-12-27(37)13-11-22)20-33(44)40-29-9-2-1-7-25(29)19-32(43)41-30/h1-15,21,28,30-31H,16-20H2,(H,39,45)(H,40,44)(H,41,43)(H,42,46)/t28-,30-,31-/m0/s1. The van der Waals surface area contributed by atoms with Crippen LogP contribution >= 0.6 is 11.6 Å². The highest BCUT2D eigenvalue weighted by Gasteiger charge is 2.30. The first-order valence-electron chi connectivity index (χ1n) is 14.9. The molecule has 3 aromatic carbocycles. The second-order valence-corrected chi connectivity index (χ2v) is 11.6. The normalized spacial score (nSPS) is 19.4. The number of amides is 4. The van der Waals surface area contributed by atoms with Crippen LogP contribution in [-0.2, 0) is 44.9 Å². The van der Waals surface area contributed by atoms with Crippen LogP contribution in [0.4, 0.5) is 10.1 Å². The maximum atomic E-state index is 13.9. The van der Waals surface area contributed by atoms with E-state index in [4.69, 9.17) is 11.6 Å². The van der Waals surface area contributed by atoms with E-state index < -0.39 is 41.7 Å². The van der Waals surface area contributed by atoms with Crippen molar-refractivity contribution in [2.45, 2.75) is 50.2 Å². The van der Waals surface area contributed by atoms with E-state index in [0.717, 1.165) is 0 Å². The zero-order chi connectivity index (χ0) is 32.5. The molecule has 46 heavy (non-hydrogen) atoms. The zero-order valence-electron chi connectivity index (χ0n) is 24.8. The quantitative estimate of drug-likeness (QED) is 0.254. The van der Waals surface area contributed by atoms with Gasteiger partial charge in [0.05, 0.1) is 6.42 Å². The molecule has 236 valence electrons. The van der Waals surface area contributed by atoms with Crippen molar-refractivity contribution in [3.8, 4) is 0 Å². The lowest BCUT2D eigenvalue weighted by Crippen LogP contribution is -2.56. The first kappa shape index (κ1) is 32.3. The van der Waals surface area contributed by atoms with Gasteiger partial charge in [-0.25, -0.2) is 4.39 Å². The van der Waals surface area contributed by atoms with E-state index >= 15 is 0 Å². The molecule has 0 saturated carbocycles. The number of carbonyl (C=O) groups is 4. The van der Waals surface area contributed by atoms with Crippen LogP contribution in [-0.4, -0.2) is 46.7 Å². The fourth-order valence-corrected chi connectivity index (χ4v) is 5.58. The lowest BCUT2D eigenvalue weighted by atomic mass is 10.0. The summed E-state index contributed by atoms with van der Waals surface area (Å²) in [7, 11) is 0. The van der Waals surface area contributed by atoms with Crippen molar-refractivity contribution in [3.63, 3.8) is 0 Å². The molecule has 9 nitrogen and oxygen atoms in total. The molecule has 0 fully saturated rings. The van der Waals surface area contributed by atoms with Gasteiger partial charge in [0.15, 0.2) is 0 Å². The number of hydrogen-bond acceptors (Lipinski definition) is 5. The Morgan fingerprint density at radius 3 is 2.20 bits per heavy atom. The van der Waals surface area contributed by atoms with Crippen LogP contribution in [0.25, 0.3) is 0 Å². The molecule has 0 unspecified atom stereocenters. The Labute approximate surface area is 271 Å². The number of para-hydroxylation sites is 1. The Bertz CT molecular complexity index is 1700. The summed E-state index contributed by atoms with van der Waals surface area (Å²) in [5.41, 5.74) is 3.11. The second kappa shape index (κ2) is 15.3. The van der Waals surface area contributed by atoms with Crippen molar-refractivity contribution in [1.82, 2.24) is 20.9 Å². The summed E-state index contributed by atoms with van der Waals surface area (Å²) >= 11 is 6.20. The smallest absolute Gasteiger partial charge is 0.243 e. The highest BCUT2D eigenvalue weighted by atomic mass is 35.5. The minimum atomic E-state index is -1.07. The predicted octanol–water partition coefficient (Wildman–Crippen LogP) is 3.94. The molecule has 3 atom stereocenters. The summed E-state index contributed by atoms with van der Waals surface area (Å²) in [6, 6.07) is 20.4. The molecule has 0 bridgehead atoms. The van der Waals surface area contributed by atoms with E-state index in [1.807, 2.05) is 0 Å². The van der Waals surface area contributed by atoms with Crippen molar-refractivity contribution in [2.24, 2.45) is 0 Å². The molecule has 5 rings (SSSR count). The van der Waals surface area contributed by atoms with Gasteiger partial charge in [-0.2, -0.15) is 0 Å². The van der Waals surface area contributed by atoms with E-state index in [0.29, 0.717) is 33.0 Å². The van der Waals surface area contributed by atoms with Crippen molar-refractivity contribution in [3.05, 3.63) is 130 Å². The molecule has 4 amide bonds. The first-order valence-corrected chi connectivity index (χ1v) is 15.3. The summed E-state index contributed by atoms with van der Waals surface area (Å²) in [5.74, 6) is -2.33. The Morgan fingerprint density at radius 1 is 0.717 bits per heavy atom. The van der Waals surface area contributed by atoms with Gasteiger partial charge in [0.2, 0.25) is 23.6 Å². The van der Waals surface area contributed by atoms with E-state index in [1.165, 1.54) is 12.1 Å². The van der Waals surface area contributed by atoms with E-state index in [9.17, 15) is 23.6 Å². The van der Waals surface area contributed by atoms with Gasteiger partial charge in [-0.15, -0.1) is 0 Å². The van der Waals surface area contributed by atoms with Crippen LogP contribution in [0.2, 0.25) is 5.02 Å². The third-order valence-corrected chi connectivity index (χ3v) is 7.83. The Balaban J connectivity index is 1.50. The molecule has 2 heterocycles. The largest absolute Gasteiger partial charge is 0.351 e. The predicted molar refractivity (Wildman–Crippen MR) is 172 cm³/mol. The lowest BCUT2D eigenvalue weighted by Gasteiger charge is -2.26. The Morgan fingerprint density at radius 2 is 1.43 bits per heavy atom. The van der Waals surface area contributed by atoms with E-state index in [2.05, 4.69) is 26.3 Å². The number of carbonyl (C=O) groups excluding carboxylic acids is 4. The fourth-order valence-electron chi connectivity index (χ4n) is 5.37. The van der Waals surface area contributed by atoms with Crippen LogP contribution in [0.3, 0.4) is 0 Å². The van der Waals surface area contributed by atoms with Gasteiger partial charge in [0, 0.05) is 48.4 Å². The minimum absolute atomic E-state index is 0.101. The molecule has 0 aliphatic carbocycles. The molecular formula is C35H33ClFN5O4. The number of nitrogens with one attached hydrogen (secondary N) is 4. The van der Waals surface area contributed by atoms with Crippen molar-refractivity contribution in [1.29, 1.82) is 0 Å². The number of hydrogen-bond donors (Lipinski definition) is 4. The maximum Gasteiger partial charge on any atom is 0.243 e. The topological polar surface area (TPSA) is 129 Å². The number of nitrogens with zero attached hydrogens (tertiary/aromatic N) is 1. The number of aromatic nitrogens is 1. The number of fused-ring (bicyclic) bond motifs is 1. The van der Waals surface area contributed by atoms with Gasteiger partial charge in [0.25, 0.3) is 0 Å². The summed E-state index contributed by atoms with van der Waals surface area (Å²) in [5, 5.41) is 11.9. The summed E-state index contributed by atoms with van der Waals surface area (Å²) < 4.78 is 13.6. The number of anilines is 1. The van der Waals surface area contributed by atoms with Crippen molar-refractivity contribution in [2.75, 3.05) is 5.32 Å². The SMILES string of the molecule is O=C1C[C@H](Cc2ccc(F)cc2)NC(=O)[C@H](Cc2cccnc2)NC(=O)[C@H](Cc2cccc(Cl)c2)NC(=O)Cc2ccccc2N1. The van der Waals surface area contributed by atoms with Crippen LogP contribution < -0.4 is 21.3 Å². The summed E-state index contributed by atoms with van der Waals surface area (Å²) in [6.07, 6.45) is 3.42. The summed E-state index contributed by atoms with van der Waals surface area (Å²) in [6.45, 7) is 0. The summed E-state index contributed by atoms with van der Waals surface area (Å²) in [4.78, 5) is 58.6. The van der Waals surface area contributed by atoms with E-state index in [-0.39, 0.29) is 38.0 Å². The average Bonchev–Trinajstić information content (AvgIpc) is 3.02. The van der Waals surface area contributed by atoms with Crippen LogP contribution in [0, 0.1) is 5.82 Å². The van der Waals surface area contributed by atoms with Crippen molar-refractivity contribution < 1.29 is 23.6 Å². The number of benzene rings is 3. The van der Waals surface area contributed by atoms with Crippen LogP contribution in [0.15, 0.2) is 97.3 Å². The monoisotopic (exact) mass is 641 g/mol.